The van der Waals surface area contributed by atoms with Gasteiger partial charge in [0.05, 0.1) is 0 Å². The molecular weight excluding hydrogens is 196 g/mol. The number of carbonyl (C=O) groups is 1. The van der Waals surface area contributed by atoms with Crippen LogP contribution < -0.4 is 0 Å². The van der Waals surface area contributed by atoms with Crippen LogP contribution in [-0.4, -0.2) is 5.78 Å². The first-order valence-corrected chi connectivity index (χ1v) is 6.40. The fourth-order valence-electron chi connectivity index (χ4n) is 3.66. The number of benzene rings is 1. The van der Waals surface area contributed by atoms with E-state index in [0.717, 1.165) is 30.7 Å². The second-order valence-electron chi connectivity index (χ2n) is 5.48. The molecule has 2 fully saturated rings. The van der Waals surface area contributed by atoms with Crippen molar-refractivity contribution >= 4 is 5.78 Å². The molecular formula is C15H18O. The fraction of sp³-hybridized carbons (Fsp3) is 0.533. The zero-order valence-electron chi connectivity index (χ0n) is 9.61. The van der Waals surface area contributed by atoms with Crippen LogP contribution in [0.15, 0.2) is 30.3 Å². The van der Waals surface area contributed by atoms with Crippen molar-refractivity contribution in [3.05, 3.63) is 35.9 Å². The molecule has 0 heterocycles. The van der Waals surface area contributed by atoms with E-state index in [1.54, 1.807) is 0 Å². The van der Waals surface area contributed by atoms with Gasteiger partial charge in [-0.3, -0.25) is 4.79 Å². The van der Waals surface area contributed by atoms with E-state index < -0.39 is 0 Å². The third kappa shape index (κ3) is 1.50. The minimum atomic E-state index is 0.0181. The monoisotopic (exact) mass is 214 g/mol. The van der Waals surface area contributed by atoms with E-state index in [-0.39, 0.29) is 5.41 Å². The molecule has 0 radical (unpaired) electrons. The first kappa shape index (κ1) is 10.1. The van der Waals surface area contributed by atoms with Crippen LogP contribution in [0, 0.1) is 11.3 Å². The van der Waals surface area contributed by atoms with Crippen molar-refractivity contribution in [3.8, 4) is 0 Å². The van der Waals surface area contributed by atoms with E-state index in [2.05, 4.69) is 0 Å². The minimum absolute atomic E-state index is 0.0181. The number of rotatable bonds is 2. The highest BCUT2D eigenvalue weighted by atomic mass is 16.1. The van der Waals surface area contributed by atoms with Gasteiger partial charge in [0.25, 0.3) is 0 Å². The molecule has 84 valence electrons. The van der Waals surface area contributed by atoms with Gasteiger partial charge in [0.15, 0.2) is 5.78 Å². The highest BCUT2D eigenvalue weighted by molar-refractivity contribution is 6.00. The van der Waals surface area contributed by atoms with Crippen molar-refractivity contribution < 1.29 is 4.79 Å². The summed E-state index contributed by atoms with van der Waals surface area (Å²) in [6.45, 7) is 0. The van der Waals surface area contributed by atoms with Gasteiger partial charge in [0.2, 0.25) is 0 Å². The molecule has 2 atom stereocenters. The van der Waals surface area contributed by atoms with Crippen LogP contribution in [0.2, 0.25) is 0 Å². The van der Waals surface area contributed by atoms with Crippen LogP contribution in [0.3, 0.4) is 0 Å². The molecule has 16 heavy (non-hydrogen) atoms. The number of ketones is 1. The van der Waals surface area contributed by atoms with Crippen LogP contribution in [0.4, 0.5) is 0 Å². The lowest BCUT2D eigenvalue weighted by Crippen LogP contribution is -2.30. The number of Topliss-reactive ketones (excluding diaryl/α,β-unsaturated/α-hetero) is 1. The Kier molecular flexibility index (Phi) is 2.34. The van der Waals surface area contributed by atoms with Crippen LogP contribution >= 0.6 is 0 Å². The van der Waals surface area contributed by atoms with Gasteiger partial charge in [-0.25, -0.2) is 0 Å². The summed E-state index contributed by atoms with van der Waals surface area (Å²) in [4.78, 5) is 12.6. The molecule has 2 aliphatic carbocycles. The molecule has 0 aromatic heterocycles. The summed E-state index contributed by atoms with van der Waals surface area (Å²) in [5.41, 5.74) is 0.939. The minimum Gasteiger partial charge on any atom is -0.294 e. The Hall–Kier alpha value is -1.11. The van der Waals surface area contributed by atoms with E-state index in [0.29, 0.717) is 5.78 Å². The van der Waals surface area contributed by atoms with E-state index in [1.807, 2.05) is 30.3 Å². The summed E-state index contributed by atoms with van der Waals surface area (Å²) in [5, 5.41) is 0. The van der Waals surface area contributed by atoms with Crippen molar-refractivity contribution in [3.63, 3.8) is 0 Å². The standard InChI is InChI=1S/C15H18O/c16-14(13-6-2-1-3-7-13)15-9-4-5-12(11-15)8-10-15/h1-3,6-7,12H,4-5,8-11H2/t12-,15-/m0/s1. The quantitative estimate of drug-likeness (QED) is 0.684. The van der Waals surface area contributed by atoms with Crippen LogP contribution in [0.25, 0.3) is 0 Å². The summed E-state index contributed by atoms with van der Waals surface area (Å²) < 4.78 is 0. The van der Waals surface area contributed by atoms with Crippen molar-refractivity contribution in [2.75, 3.05) is 0 Å². The normalized spacial score (nSPS) is 32.6. The van der Waals surface area contributed by atoms with Gasteiger partial charge in [-0.1, -0.05) is 43.2 Å². The third-order valence-electron chi connectivity index (χ3n) is 4.50. The van der Waals surface area contributed by atoms with E-state index in [1.165, 1.54) is 19.3 Å². The molecule has 1 aromatic rings. The number of carbonyl (C=O) groups excluding carboxylic acids is 1. The highest BCUT2D eigenvalue weighted by Gasteiger charge is 2.47. The molecule has 2 saturated carbocycles. The molecule has 0 saturated heterocycles. The van der Waals surface area contributed by atoms with Gasteiger partial charge in [-0.15, -0.1) is 0 Å². The Morgan fingerprint density at radius 2 is 1.94 bits per heavy atom. The molecule has 2 aliphatic rings. The molecule has 3 rings (SSSR count). The Balaban J connectivity index is 1.90. The Morgan fingerprint density at radius 1 is 1.12 bits per heavy atom. The van der Waals surface area contributed by atoms with E-state index in [4.69, 9.17) is 0 Å². The maximum Gasteiger partial charge on any atom is 0.169 e. The average molecular weight is 214 g/mol. The van der Waals surface area contributed by atoms with E-state index >= 15 is 0 Å². The summed E-state index contributed by atoms with van der Waals surface area (Å²) in [6.07, 6.45) is 7.29. The number of fused-ring (bicyclic) bond motifs is 2. The topological polar surface area (TPSA) is 17.1 Å². The predicted molar refractivity (Wildman–Crippen MR) is 64.4 cm³/mol. The van der Waals surface area contributed by atoms with Gasteiger partial charge in [-0.2, -0.15) is 0 Å². The molecule has 2 bridgehead atoms. The molecule has 0 N–H and O–H groups in total. The molecule has 1 heteroatoms. The van der Waals surface area contributed by atoms with Crippen molar-refractivity contribution in [1.29, 1.82) is 0 Å². The first-order valence-electron chi connectivity index (χ1n) is 6.40. The maximum atomic E-state index is 12.6. The third-order valence-corrected chi connectivity index (χ3v) is 4.50. The molecule has 0 amide bonds. The van der Waals surface area contributed by atoms with Crippen LogP contribution in [0.1, 0.15) is 48.9 Å². The maximum absolute atomic E-state index is 12.6. The summed E-state index contributed by atoms with van der Waals surface area (Å²) in [7, 11) is 0. The molecule has 1 aromatic carbocycles. The number of hydrogen-bond donors (Lipinski definition) is 0. The lowest BCUT2D eigenvalue weighted by Gasteiger charge is -2.31. The Labute approximate surface area is 96.9 Å². The molecule has 0 unspecified atom stereocenters. The smallest absolute Gasteiger partial charge is 0.169 e. The van der Waals surface area contributed by atoms with Gasteiger partial charge >= 0.3 is 0 Å². The van der Waals surface area contributed by atoms with E-state index in [9.17, 15) is 4.79 Å². The lowest BCUT2D eigenvalue weighted by atomic mass is 9.71. The molecule has 0 aliphatic heterocycles. The fourth-order valence-corrected chi connectivity index (χ4v) is 3.66. The zero-order valence-corrected chi connectivity index (χ0v) is 9.61. The predicted octanol–water partition coefficient (Wildman–Crippen LogP) is 3.84. The Bertz CT molecular complexity index is 391. The average Bonchev–Trinajstić information content (AvgIpc) is 2.66. The number of hydrogen-bond acceptors (Lipinski definition) is 1. The van der Waals surface area contributed by atoms with Gasteiger partial charge < -0.3 is 0 Å². The summed E-state index contributed by atoms with van der Waals surface area (Å²) in [6, 6.07) is 9.86. The SMILES string of the molecule is O=C(c1ccccc1)[C@@]12CCC[C@@H](CC1)C2. The second kappa shape index (κ2) is 3.73. The van der Waals surface area contributed by atoms with Crippen molar-refractivity contribution in [1.82, 2.24) is 0 Å². The van der Waals surface area contributed by atoms with Crippen molar-refractivity contribution in [2.24, 2.45) is 11.3 Å². The first-order chi connectivity index (χ1) is 7.80. The molecule has 0 spiro atoms. The Morgan fingerprint density at radius 3 is 2.75 bits per heavy atom. The van der Waals surface area contributed by atoms with Gasteiger partial charge in [0.1, 0.15) is 0 Å². The largest absolute Gasteiger partial charge is 0.294 e. The highest BCUT2D eigenvalue weighted by Crippen LogP contribution is 2.52. The van der Waals surface area contributed by atoms with Crippen LogP contribution in [0.5, 0.6) is 0 Å². The van der Waals surface area contributed by atoms with Crippen molar-refractivity contribution in [2.45, 2.75) is 38.5 Å². The second-order valence-corrected chi connectivity index (χ2v) is 5.48. The van der Waals surface area contributed by atoms with Gasteiger partial charge in [0, 0.05) is 11.0 Å². The summed E-state index contributed by atoms with van der Waals surface area (Å²) in [5.74, 6) is 1.25. The van der Waals surface area contributed by atoms with Crippen LogP contribution in [-0.2, 0) is 0 Å². The van der Waals surface area contributed by atoms with Gasteiger partial charge in [-0.05, 0) is 31.6 Å². The molecule has 1 nitrogen and oxygen atoms in total. The zero-order chi connectivity index (χ0) is 11.0. The lowest BCUT2D eigenvalue weighted by molar-refractivity contribution is 0.0744. The summed E-state index contributed by atoms with van der Waals surface area (Å²) >= 11 is 0.